The third-order valence-electron chi connectivity index (χ3n) is 3.54. The van der Waals surface area contributed by atoms with Crippen molar-refractivity contribution >= 4 is 17.6 Å². The zero-order chi connectivity index (χ0) is 15.2. The molecule has 5 nitrogen and oxygen atoms in total. The Kier molecular flexibility index (Phi) is 5.20. The fourth-order valence-corrected chi connectivity index (χ4v) is 2.37. The van der Waals surface area contributed by atoms with Crippen molar-refractivity contribution in [3.05, 3.63) is 30.3 Å². The summed E-state index contributed by atoms with van der Waals surface area (Å²) in [6.45, 7) is 5.42. The van der Waals surface area contributed by atoms with Gasteiger partial charge in [-0.2, -0.15) is 0 Å². The first-order valence-corrected chi connectivity index (χ1v) is 7.46. The maximum Gasteiger partial charge on any atom is 0.315 e. The second-order valence-corrected chi connectivity index (χ2v) is 5.82. The van der Waals surface area contributed by atoms with Crippen LogP contribution < -0.4 is 15.5 Å². The van der Waals surface area contributed by atoms with Crippen LogP contribution in [-0.4, -0.2) is 31.1 Å². The molecule has 1 aromatic carbocycles. The topological polar surface area (TPSA) is 61.4 Å². The molecule has 5 heteroatoms. The van der Waals surface area contributed by atoms with Gasteiger partial charge in [-0.1, -0.05) is 32.0 Å². The van der Waals surface area contributed by atoms with Gasteiger partial charge in [-0.3, -0.25) is 4.79 Å². The number of carbonyl (C=O) groups excluding carboxylic acids is 2. The van der Waals surface area contributed by atoms with E-state index in [0.717, 1.165) is 12.1 Å². The zero-order valence-corrected chi connectivity index (χ0v) is 12.6. The Morgan fingerprint density at radius 1 is 1.33 bits per heavy atom. The van der Waals surface area contributed by atoms with Crippen LogP contribution >= 0.6 is 0 Å². The monoisotopic (exact) mass is 289 g/mol. The summed E-state index contributed by atoms with van der Waals surface area (Å²) >= 11 is 0. The lowest BCUT2D eigenvalue weighted by atomic mass is 10.1. The molecule has 1 aromatic rings. The van der Waals surface area contributed by atoms with Gasteiger partial charge in [0.1, 0.15) is 0 Å². The van der Waals surface area contributed by atoms with Crippen LogP contribution in [-0.2, 0) is 4.79 Å². The van der Waals surface area contributed by atoms with Gasteiger partial charge in [0.25, 0.3) is 0 Å². The van der Waals surface area contributed by atoms with Crippen LogP contribution in [0.1, 0.15) is 26.7 Å². The van der Waals surface area contributed by atoms with E-state index in [-0.39, 0.29) is 18.0 Å². The first-order valence-electron chi connectivity index (χ1n) is 7.46. The van der Waals surface area contributed by atoms with Gasteiger partial charge in [-0.25, -0.2) is 4.79 Å². The Bertz CT molecular complexity index is 488. The van der Waals surface area contributed by atoms with E-state index in [0.29, 0.717) is 25.4 Å². The van der Waals surface area contributed by atoms with E-state index in [1.54, 1.807) is 4.90 Å². The number of hydrogen-bond acceptors (Lipinski definition) is 2. The van der Waals surface area contributed by atoms with Crippen LogP contribution in [0.2, 0.25) is 0 Å². The van der Waals surface area contributed by atoms with Gasteiger partial charge in [0.05, 0.1) is 6.04 Å². The van der Waals surface area contributed by atoms with Crippen LogP contribution in [0.3, 0.4) is 0 Å². The standard InChI is InChI=1S/C16H23N3O2/c1-12(2)8-9-17-16(21)18-13-10-15(20)19(11-13)14-6-4-3-5-7-14/h3-7,12-13H,8-11H2,1-2H3,(H2,17,18,21)/t13-/m1/s1. The summed E-state index contributed by atoms with van der Waals surface area (Å²) in [6, 6.07) is 9.22. The van der Waals surface area contributed by atoms with Crippen molar-refractivity contribution in [1.82, 2.24) is 10.6 Å². The average Bonchev–Trinajstić information content (AvgIpc) is 2.80. The second-order valence-electron chi connectivity index (χ2n) is 5.82. The summed E-state index contributed by atoms with van der Waals surface area (Å²) in [5.74, 6) is 0.612. The highest BCUT2D eigenvalue weighted by molar-refractivity contribution is 5.96. The molecule has 1 atom stereocenters. The van der Waals surface area contributed by atoms with Crippen molar-refractivity contribution in [1.29, 1.82) is 0 Å². The van der Waals surface area contributed by atoms with Gasteiger partial charge >= 0.3 is 6.03 Å². The molecule has 0 bridgehead atoms. The van der Waals surface area contributed by atoms with Gasteiger partial charge in [-0.15, -0.1) is 0 Å². The summed E-state index contributed by atoms with van der Waals surface area (Å²) in [5.41, 5.74) is 0.881. The van der Waals surface area contributed by atoms with Gasteiger partial charge < -0.3 is 15.5 Å². The van der Waals surface area contributed by atoms with Gasteiger partial charge in [0.15, 0.2) is 0 Å². The van der Waals surface area contributed by atoms with Crippen molar-refractivity contribution < 1.29 is 9.59 Å². The van der Waals surface area contributed by atoms with Gasteiger partial charge in [0.2, 0.25) is 5.91 Å². The Balaban J connectivity index is 1.81. The molecular formula is C16H23N3O2. The van der Waals surface area contributed by atoms with E-state index in [2.05, 4.69) is 24.5 Å². The predicted molar refractivity (Wildman–Crippen MR) is 83.2 cm³/mol. The molecular weight excluding hydrogens is 266 g/mol. The number of para-hydroxylation sites is 1. The minimum Gasteiger partial charge on any atom is -0.338 e. The van der Waals surface area contributed by atoms with E-state index in [1.165, 1.54) is 0 Å². The summed E-state index contributed by atoms with van der Waals surface area (Å²) in [6.07, 6.45) is 1.31. The van der Waals surface area contributed by atoms with Crippen LogP contribution in [0, 0.1) is 5.92 Å². The molecule has 0 radical (unpaired) electrons. The Morgan fingerprint density at radius 3 is 2.71 bits per heavy atom. The largest absolute Gasteiger partial charge is 0.338 e. The number of nitrogens with zero attached hydrogens (tertiary/aromatic N) is 1. The summed E-state index contributed by atoms with van der Waals surface area (Å²) in [4.78, 5) is 25.5. The Labute approximate surface area is 125 Å². The number of nitrogens with one attached hydrogen (secondary N) is 2. The quantitative estimate of drug-likeness (QED) is 0.872. The van der Waals surface area contributed by atoms with E-state index < -0.39 is 0 Å². The van der Waals surface area contributed by atoms with Gasteiger partial charge in [-0.05, 0) is 24.5 Å². The van der Waals surface area contributed by atoms with Crippen LogP contribution in [0.25, 0.3) is 0 Å². The molecule has 1 heterocycles. The molecule has 1 aliphatic heterocycles. The molecule has 1 saturated heterocycles. The first kappa shape index (κ1) is 15.4. The molecule has 114 valence electrons. The van der Waals surface area contributed by atoms with Crippen molar-refractivity contribution in [3.8, 4) is 0 Å². The third-order valence-corrected chi connectivity index (χ3v) is 3.54. The highest BCUT2D eigenvalue weighted by atomic mass is 16.2. The third kappa shape index (κ3) is 4.48. The summed E-state index contributed by atoms with van der Waals surface area (Å²) in [7, 11) is 0. The number of carbonyl (C=O) groups is 2. The van der Waals surface area contributed by atoms with Crippen molar-refractivity contribution in [2.45, 2.75) is 32.7 Å². The number of urea groups is 1. The lowest BCUT2D eigenvalue weighted by molar-refractivity contribution is -0.117. The zero-order valence-electron chi connectivity index (χ0n) is 12.6. The van der Waals surface area contributed by atoms with E-state index in [4.69, 9.17) is 0 Å². The number of amides is 3. The highest BCUT2D eigenvalue weighted by Gasteiger charge is 2.31. The van der Waals surface area contributed by atoms with Gasteiger partial charge in [0, 0.05) is 25.2 Å². The molecule has 21 heavy (non-hydrogen) atoms. The first-order chi connectivity index (χ1) is 10.1. The molecule has 0 unspecified atom stereocenters. The lowest BCUT2D eigenvalue weighted by Crippen LogP contribution is -2.43. The van der Waals surface area contributed by atoms with Crippen LogP contribution in [0.5, 0.6) is 0 Å². The van der Waals surface area contributed by atoms with E-state index in [9.17, 15) is 9.59 Å². The Hall–Kier alpha value is -2.04. The van der Waals surface area contributed by atoms with Crippen molar-refractivity contribution in [2.75, 3.05) is 18.0 Å². The van der Waals surface area contributed by atoms with Crippen LogP contribution in [0.15, 0.2) is 30.3 Å². The molecule has 1 fully saturated rings. The average molecular weight is 289 g/mol. The Morgan fingerprint density at radius 2 is 2.05 bits per heavy atom. The SMILES string of the molecule is CC(C)CCNC(=O)N[C@@H]1CC(=O)N(c2ccccc2)C1. The predicted octanol–water partition coefficient (Wildman–Crippen LogP) is 2.14. The minimum absolute atomic E-state index is 0.0497. The number of anilines is 1. The molecule has 0 saturated carbocycles. The fourth-order valence-electron chi connectivity index (χ4n) is 2.37. The molecule has 3 amide bonds. The maximum absolute atomic E-state index is 12.0. The molecule has 0 spiro atoms. The van der Waals surface area contributed by atoms with Crippen molar-refractivity contribution in [3.63, 3.8) is 0 Å². The highest BCUT2D eigenvalue weighted by Crippen LogP contribution is 2.20. The normalized spacial score (nSPS) is 18.1. The maximum atomic E-state index is 12.0. The van der Waals surface area contributed by atoms with Crippen LogP contribution in [0.4, 0.5) is 10.5 Å². The number of hydrogen-bond donors (Lipinski definition) is 2. The van der Waals surface area contributed by atoms with Crippen molar-refractivity contribution in [2.24, 2.45) is 5.92 Å². The fraction of sp³-hybridized carbons (Fsp3) is 0.500. The van der Waals surface area contributed by atoms with E-state index >= 15 is 0 Å². The lowest BCUT2D eigenvalue weighted by Gasteiger charge is -2.17. The summed E-state index contributed by atoms with van der Waals surface area (Å²) < 4.78 is 0. The minimum atomic E-state index is -0.191. The van der Waals surface area contributed by atoms with E-state index in [1.807, 2.05) is 30.3 Å². The summed E-state index contributed by atoms with van der Waals surface area (Å²) in [5, 5.41) is 5.70. The molecule has 2 N–H and O–H groups in total. The molecule has 1 aliphatic rings. The molecule has 0 aromatic heterocycles. The molecule has 0 aliphatic carbocycles. The smallest absolute Gasteiger partial charge is 0.315 e. The second kappa shape index (κ2) is 7.11. The number of rotatable bonds is 5. The molecule has 2 rings (SSSR count). The number of benzene rings is 1.